The van der Waals surface area contributed by atoms with E-state index in [0.717, 1.165) is 22.5 Å². The maximum Gasteiger partial charge on any atom is 0.244 e. The van der Waals surface area contributed by atoms with Gasteiger partial charge >= 0.3 is 0 Å². The summed E-state index contributed by atoms with van der Waals surface area (Å²) in [5.74, 6) is -0.920. The fourth-order valence-electron chi connectivity index (χ4n) is 3.04. The van der Waals surface area contributed by atoms with Crippen molar-refractivity contribution in [2.24, 2.45) is 0 Å². The molecule has 0 aromatic heterocycles. The molecule has 11 heteroatoms. The highest BCUT2D eigenvalue weighted by Crippen LogP contribution is 2.31. The van der Waals surface area contributed by atoms with Gasteiger partial charge in [-0.2, -0.15) is 0 Å². The fourth-order valence-corrected chi connectivity index (χ4v) is 4.45. The van der Waals surface area contributed by atoms with Gasteiger partial charge in [-0.3, -0.25) is 13.9 Å². The molecule has 2 amide bonds. The second-order valence-electron chi connectivity index (χ2n) is 7.48. The predicted octanol–water partition coefficient (Wildman–Crippen LogP) is 4.36. The normalized spacial score (nSPS) is 12.2. The zero-order chi connectivity index (χ0) is 24.8. The van der Waals surface area contributed by atoms with E-state index < -0.39 is 28.5 Å². The van der Waals surface area contributed by atoms with Crippen LogP contribution in [0, 0.1) is 0 Å². The monoisotopic (exact) mass is 533 g/mol. The summed E-state index contributed by atoms with van der Waals surface area (Å²) in [6.45, 7) is 3.49. The number of benzene rings is 2. The van der Waals surface area contributed by atoms with E-state index in [2.05, 4.69) is 5.32 Å². The first-order valence-electron chi connectivity index (χ1n) is 10.2. The van der Waals surface area contributed by atoms with E-state index >= 15 is 0 Å². The molecule has 1 atom stereocenters. The smallest absolute Gasteiger partial charge is 0.244 e. The van der Waals surface area contributed by atoms with Crippen LogP contribution in [-0.2, 0) is 26.2 Å². The molecule has 0 aliphatic heterocycles. The summed E-state index contributed by atoms with van der Waals surface area (Å²) in [5, 5.41) is 3.69. The lowest BCUT2D eigenvalue weighted by molar-refractivity contribution is -0.139. The van der Waals surface area contributed by atoms with Crippen LogP contribution < -0.4 is 9.62 Å². The number of carbonyl (C=O) groups is 2. The molecule has 2 aromatic carbocycles. The van der Waals surface area contributed by atoms with E-state index in [1.165, 1.54) is 23.1 Å². The number of anilines is 1. The van der Waals surface area contributed by atoms with E-state index in [1.54, 1.807) is 31.2 Å². The number of sulfonamides is 1. The molecule has 1 unspecified atom stereocenters. The molecular formula is C22H26Cl3N3O4S. The van der Waals surface area contributed by atoms with Crippen LogP contribution in [0.3, 0.4) is 0 Å². The van der Waals surface area contributed by atoms with E-state index in [-0.39, 0.29) is 28.2 Å². The van der Waals surface area contributed by atoms with Crippen molar-refractivity contribution < 1.29 is 18.0 Å². The first-order valence-corrected chi connectivity index (χ1v) is 13.2. The molecule has 2 aromatic rings. The van der Waals surface area contributed by atoms with Gasteiger partial charge in [-0.15, -0.1) is 0 Å². The van der Waals surface area contributed by atoms with Crippen molar-refractivity contribution in [1.82, 2.24) is 10.2 Å². The van der Waals surface area contributed by atoms with Crippen molar-refractivity contribution in [3.8, 4) is 0 Å². The van der Waals surface area contributed by atoms with Crippen LogP contribution in [-0.4, -0.2) is 50.5 Å². The summed E-state index contributed by atoms with van der Waals surface area (Å²) < 4.78 is 26.0. The van der Waals surface area contributed by atoms with Crippen LogP contribution in [0.1, 0.15) is 25.8 Å². The predicted molar refractivity (Wildman–Crippen MR) is 133 cm³/mol. The lowest BCUT2D eigenvalue weighted by Crippen LogP contribution is -2.51. The number of nitrogens with one attached hydrogen (secondary N) is 1. The van der Waals surface area contributed by atoms with Gasteiger partial charge in [0.05, 0.1) is 17.0 Å². The molecule has 2 rings (SSSR count). The fraction of sp³-hybridized carbons (Fsp3) is 0.364. The summed E-state index contributed by atoms with van der Waals surface area (Å²) in [6, 6.07) is 10.3. The van der Waals surface area contributed by atoms with Gasteiger partial charge in [0, 0.05) is 23.1 Å². The molecule has 0 aliphatic rings. The Balaban J connectivity index is 2.40. The van der Waals surface area contributed by atoms with Gasteiger partial charge in [0.15, 0.2) is 0 Å². The molecule has 0 aliphatic carbocycles. The minimum atomic E-state index is -3.90. The van der Waals surface area contributed by atoms with E-state index in [4.69, 9.17) is 34.8 Å². The van der Waals surface area contributed by atoms with Crippen LogP contribution in [0.25, 0.3) is 0 Å². The molecule has 0 spiro atoms. The van der Waals surface area contributed by atoms with Gasteiger partial charge in [-0.05, 0) is 49.2 Å². The summed E-state index contributed by atoms with van der Waals surface area (Å²) in [4.78, 5) is 27.4. The van der Waals surface area contributed by atoms with E-state index in [9.17, 15) is 18.0 Å². The molecule has 0 radical (unpaired) electrons. The van der Waals surface area contributed by atoms with Gasteiger partial charge in [-0.1, -0.05) is 53.9 Å². The Kier molecular flexibility index (Phi) is 9.84. The lowest BCUT2D eigenvalue weighted by atomic mass is 10.1. The molecule has 1 N–H and O–H groups in total. The van der Waals surface area contributed by atoms with Crippen LogP contribution in [0.5, 0.6) is 0 Å². The van der Waals surface area contributed by atoms with Crippen LogP contribution in [0.15, 0.2) is 42.5 Å². The Morgan fingerprint density at radius 3 is 2.21 bits per heavy atom. The molecule has 0 heterocycles. The van der Waals surface area contributed by atoms with Gasteiger partial charge < -0.3 is 10.2 Å². The van der Waals surface area contributed by atoms with Crippen molar-refractivity contribution in [3.63, 3.8) is 0 Å². The summed E-state index contributed by atoms with van der Waals surface area (Å²) in [6.07, 6.45) is 1.71. The van der Waals surface area contributed by atoms with Crippen molar-refractivity contribution in [3.05, 3.63) is 63.1 Å². The molecule has 0 fully saturated rings. The topological polar surface area (TPSA) is 86.8 Å². The van der Waals surface area contributed by atoms with Crippen molar-refractivity contribution in [2.45, 2.75) is 32.9 Å². The number of amides is 2. The Labute approximate surface area is 209 Å². The number of halogens is 3. The third-order valence-corrected chi connectivity index (χ3v) is 6.77. The minimum Gasteiger partial charge on any atom is -0.354 e. The highest BCUT2D eigenvalue weighted by atomic mass is 35.5. The van der Waals surface area contributed by atoms with Crippen LogP contribution in [0.4, 0.5) is 5.69 Å². The van der Waals surface area contributed by atoms with Gasteiger partial charge in [0.2, 0.25) is 21.8 Å². The molecule has 0 saturated heterocycles. The quantitative estimate of drug-likeness (QED) is 0.491. The SMILES string of the molecule is CCCNC(=O)C(C)N(Cc1ccc(Cl)cc1)C(=O)CN(c1cc(Cl)ccc1Cl)S(C)(=O)=O. The summed E-state index contributed by atoms with van der Waals surface area (Å²) in [7, 11) is -3.90. The van der Waals surface area contributed by atoms with Crippen LogP contribution >= 0.6 is 34.8 Å². The third-order valence-electron chi connectivity index (χ3n) is 4.84. The average molecular weight is 535 g/mol. The van der Waals surface area contributed by atoms with Gasteiger partial charge in [0.1, 0.15) is 12.6 Å². The van der Waals surface area contributed by atoms with Crippen LogP contribution in [0.2, 0.25) is 15.1 Å². The molecule has 180 valence electrons. The van der Waals surface area contributed by atoms with Gasteiger partial charge in [0.25, 0.3) is 0 Å². The molecule has 33 heavy (non-hydrogen) atoms. The number of hydrogen-bond donors (Lipinski definition) is 1. The standard InChI is InChI=1S/C22H26Cl3N3O4S/c1-4-11-26-22(30)15(2)27(13-16-5-7-17(23)8-6-16)21(29)14-28(33(3,31)32)20-12-18(24)9-10-19(20)25/h5-10,12,15H,4,11,13-14H2,1-3H3,(H,26,30). The Bertz CT molecular complexity index is 1090. The van der Waals surface area contributed by atoms with Gasteiger partial charge in [-0.25, -0.2) is 8.42 Å². The minimum absolute atomic E-state index is 0.0783. The first kappa shape index (κ1) is 27.2. The maximum absolute atomic E-state index is 13.4. The average Bonchev–Trinajstić information content (AvgIpc) is 2.75. The van der Waals surface area contributed by atoms with Crippen molar-refractivity contribution >= 4 is 62.3 Å². The van der Waals surface area contributed by atoms with Crippen molar-refractivity contribution in [1.29, 1.82) is 0 Å². The molecule has 0 saturated carbocycles. The molecule has 7 nitrogen and oxygen atoms in total. The number of rotatable bonds is 10. The number of carbonyl (C=O) groups excluding carboxylic acids is 2. The Morgan fingerprint density at radius 2 is 1.64 bits per heavy atom. The second kappa shape index (κ2) is 11.9. The van der Waals surface area contributed by atoms with E-state index in [1.807, 2.05) is 6.92 Å². The third kappa shape index (κ3) is 7.78. The summed E-state index contributed by atoms with van der Waals surface area (Å²) >= 11 is 18.2. The van der Waals surface area contributed by atoms with E-state index in [0.29, 0.717) is 11.6 Å². The molecule has 0 bridgehead atoms. The lowest BCUT2D eigenvalue weighted by Gasteiger charge is -2.31. The Hall–Kier alpha value is -2.00. The molecular weight excluding hydrogens is 509 g/mol. The Morgan fingerprint density at radius 1 is 1.03 bits per heavy atom. The number of nitrogens with zero attached hydrogens (tertiary/aromatic N) is 2. The highest BCUT2D eigenvalue weighted by molar-refractivity contribution is 7.92. The maximum atomic E-state index is 13.4. The first-order chi connectivity index (χ1) is 15.4. The second-order valence-corrected chi connectivity index (χ2v) is 10.7. The largest absolute Gasteiger partial charge is 0.354 e. The zero-order valence-electron chi connectivity index (χ0n) is 18.5. The summed E-state index contributed by atoms with van der Waals surface area (Å²) in [5.41, 5.74) is 0.809. The number of hydrogen-bond acceptors (Lipinski definition) is 4. The highest BCUT2D eigenvalue weighted by Gasteiger charge is 2.30. The zero-order valence-corrected chi connectivity index (χ0v) is 21.6. The van der Waals surface area contributed by atoms with Crippen molar-refractivity contribution in [2.75, 3.05) is 23.7 Å².